The summed E-state index contributed by atoms with van der Waals surface area (Å²) in [6, 6.07) is 12.2. The summed E-state index contributed by atoms with van der Waals surface area (Å²) in [5, 5.41) is 1.18. The molecule has 0 spiro atoms. The fraction of sp³-hybridized carbons (Fsp3) is 0.469. The van der Waals surface area contributed by atoms with Crippen LogP contribution in [-0.2, 0) is 27.4 Å². The minimum absolute atomic E-state index is 0.108. The van der Waals surface area contributed by atoms with Crippen molar-refractivity contribution in [1.29, 1.82) is 0 Å². The predicted octanol–water partition coefficient (Wildman–Crippen LogP) is 4.93. The van der Waals surface area contributed by atoms with E-state index in [1.165, 1.54) is 10.4 Å². The van der Waals surface area contributed by atoms with Gasteiger partial charge in [0.15, 0.2) is 10.8 Å². The second-order valence-electron chi connectivity index (χ2n) is 12.9. The van der Waals surface area contributed by atoms with E-state index >= 15 is 0 Å². The van der Waals surface area contributed by atoms with Gasteiger partial charge in [0.1, 0.15) is 5.60 Å². The quantitative estimate of drug-likeness (QED) is 0.368. The summed E-state index contributed by atoms with van der Waals surface area (Å²) in [6.07, 6.45) is -4.37. The Bertz CT molecular complexity index is 1790. The number of aromatic nitrogens is 1. The van der Waals surface area contributed by atoms with Crippen LogP contribution in [0.2, 0.25) is 0 Å². The fourth-order valence-electron chi connectivity index (χ4n) is 6.02. The standard InChI is InChI=1S/C32H37F3N6O5S2/c1-31(2,3)46-30(43)39-13-11-37(12-14-39)24-6-4-5-23(19-24)28(42)41-10-9-22-20-25(7-8-26(22)41)48(44,45)40-17-15-38(16-18-40)29-36-27(21-47-29)32(33,34)35/h4-8,19-21H,9-18H2,1-3H3. The molecule has 0 aliphatic carbocycles. The lowest BCUT2D eigenvalue weighted by atomic mass is 10.1. The smallest absolute Gasteiger partial charge is 0.434 e. The number of halogens is 3. The van der Waals surface area contributed by atoms with Crippen LogP contribution >= 0.6 is 11.3 Å². The van der Waals surface area contributed by atoms with Crippen LogP contribution in [0.5, 0.6) is 0 Å². The number of carbonyl (C=O) groups is 2. The zero-order valence-electron chi connectivity index (χ0n) is 26.9. The van der Waals surface area contributed by atoms with Crippen LogP contribution in [0.4, 0.5) is 34.5 Å². The van der Waals surface area contributed by atoms with E-state index in [0.29, 0.717) is 50.4 Å². The van der Waals surface area contributed by atoms with Crippen molar-refractivity contribution in [2.45, 2.75) is 43.9 Å². The van der Waals surface area contributed by atoms with Gasteiger partial charge in [0.25, 0.3) is 5.91 Å². The summed E-state index contributed by atoms with van der Waals surface area (Å²) in [7, 11) is -3.87. The zero-order chi connectivity index (χ0) is 34.4. The lowest BCUT2D eigenvalue weighted by Crippen LogP contribution is -2.50. The Morgan fingerprint density at radius 2 is 1.56 bits per heavy atom. The van der Waals surface area contributed by atoms with Gasteiger partial charge in [-0.2, -0.15) is 17.5 Å². The zero-order valence-corrected chi connectivity index (χ0v) is 28.5. The largest absolute Gasteiger partial charge is 0.444 e. The molecule has 0 unspecified atom stereocenters. The van der Waals surface area contributed by atoms with Crippen LogP contribution in [0.25, 0.3) is 0 Å². The van der Waals surface area contributed by atoms with Crippen LogP contribution in [0.15, 0.2) is 52.7 Å². The van der Waals surface area contributed by atoms with Crippen LogP contribution in [0.1, 0.15) is 42.4 Å². The Hall–Kier alpha value is -3.89. The number of alkyl halides is 3. The molecule has 258 valence electrons. The van der Waals surface area contributed by atoms with E-state index in [0.717, 1.165) is 28.0 Å². The van der Waals surface area contributed by atoms with Crippen molar-refractivity contribution in [3.8, 4) is 0 Å². The summed E-state index contributed by atoms with van der Waals surface area (Å²) in [4.78, 5) is 37.1. The van der Waals surface area contributed by atoms with Crippen molar-refractivity contribution in [3.63, 3.8) is 0 Å². The van der Waals surface area contributed by atoms with Gasteiger partial charge in [0.05, 0.1) is 4.90 Å². The number of thiazole rings is 1. The average Bonchev–Trinajstić information content (AvgIpc) is 3.72. The van der Waals surface area contributed by atoms with Crippen molar-refractivity contribution in [1.82, 2.24) is 14.2 Å². The predicted molar refractivity (Wildman–Crippen MR) is 176 cm³/mol. The van der Waals surface area contributed by atoms with Gasteiger partial charge < -0.3 is 24.3 Å². The molecule has 3 aliphatic rings. The number of hydrogen-bond acceptors (Lipinski definition) is 9. The van der Waals surface area contributed by atoms with E-state index in [1.807, 2.05) is 39.0 Å². The number of fused-ring (bicyclic) bond motifs is 1. The van der Waals surface area contributed by atoms with Crippen molar-refractivity contribution < 1.29 is 35.9 Å². The highest BCUT2D eigenvalue weighted by Gasteiger charge is 2.36. The van der Waals surface area contributed by atoms with E-state index in [4.69, 9.17) is 4.74 Å². The molecular formula is C32H37F3N6O5S2. The highest BCUT2D eigenvalue weighted by Crippen LogP contribution is 2.35. The van der Waals surface area contributed by atoms with Gasteiger partial charge in [-0.3, -0.25) is 4.79 Å². The monoisotopic (exact) mass is 706 g/mol. The number of amides is 2. The summed E-state index contributed by atoms with van der Waals surface area (Å²) in [5.74, 6) is -0.189. The minimum Gasteiger partial charge on any atom is -0.444 e. The second-order valence-corrected chi connectivity index (χ2v) is 15.7. The molecule has 0 bridgehead atoms. The minimum atomic E-state index is -4.53. The Balaban J connectivity index is 1.09. The summed E-state index contributed by atoms with van der Waals surface area (Å²) in [5.41, 5.74) is 1.27. The van der Waals surface area contributed by atoms with Gasteiger partial charge in [-0.25, -0.2) is 18.2 Å². The number of piperazine rings is 2. The molecule has 48 heavy (non-hydrogen) atoms. The maximum atomic E-state index is 13.7. The molecule has 6 rings (SSSR count). The molecule has 1 aromatic heterocycles. The first-order valence-electron chi connectivity index (χ1n) is 15.7. The molecule has 2 saturated heterocycles. The van der Waals surface area contributed by atoms with Gasteiger partial charge >= 0.3 is 12.3 Å². The molecule has 0 saturated carbocycles. The van der Waals surface area contributed by atoms with Crippen molar-refractivity contribution in [3.05, 3.63) is 64.7 Å². The number of sulfonamides is 1. The van der Waals surface area contributed by atoms with Crippen LogP contribution in [0, 0.1) is 0 Å². The molecule has 2 fully saturated rings. The van der Waals surface area contributed by atoms with E-state index in [-0.39, 0.29) is 48.2 Å². The molecule has 2 aromatic carbocycles. The first-order chi connectivity index (χ1) is 22.6. The van der Waals surface area contributed by atoms with Gasteiger partial charge in [0.2, 0.25) is 10.0 Å². The van der Waals surface area contributed by atoms with Gasteiger partial charge in [-0.1, -0.05) is 6.07 Å². The summed E-state index contributed by atoms with van der Waals surface area (Å²) in [6.45, 7) is 8.76. The maximum absolute atomic E-state index is 13.7. The maximum Gasteiger partial charge on any atom is 0.434 e. The number of nitrogens with zero attached hydrogens (tertiary/aromatic N) is 6. The first kappa shape index (κ1) is 34.0. The first-order valence-corrected chi connectivity index (χ1v) is 18.0. The summed E-state index contributed by atoms with van der Waals surface area (Å²) < 4.78 is 72.8. The number of carbonyl (C=O) groups excluding carboxylic acids is 2. The van der Waals surface area contributed by atoms with E-state index in [9.17, 15) is 31.2 Å². The Labute approximate surface area is 281 Å². The highest BCUT2D eigenvalue weighted by atomic mass is 32.2. The molecular weight excluding hydrogens is 670 g/mol. The Morgan fingerprint density at radius 3 is 2.21 bits per heavy atom. The van der Waals surface area contributed by atoms with Crippen LogP contribution < -0.4 is 14.7 Å². The Kier molecular flexibility index (Phi) is 9.10. The van der Waals surface area contributed by atoms with Gasteiger partial charge in [-0.15, -0.1) is 11.3 Å². The molecule has 3 aromatic rings. The van der Waals surface area contributed by atoms with E-state index in [1.54, 1.807) is 32.9 Å². The van der Waals surface area contributed by atoms with Crippen molar-refractivity contribution in [2.24, 2.45) is 0 Å². The van der Waals surface area contributed by atoms with Crippen molar-refractivity contribution in [2.75, 3.05) is 73.6 Å². The fourth-order valence-corrected chi connectivity index (χ4v) is 8.38. The molecule has 0 atom stereocenters. The molecule has 16 heteroatoms. The topological polar surface area (TPSA) is 107 Å². The number of rotatable bonds is 5. The molecule has 4 heterocycles. The molecule has 11 nitrogen and oxygen atoms in total. The van der Waals surface area contributed by atoms with Crippen LogP contribution in [0.3, 0.4) is 0 Å². The third-order valence-electron chi connectivity index (χ3n) is 8.51. The number of anilines is 3. The third kappa shape index (κ3) is 7.10. The second kappa shape index (κ2) is 12.9. The number of ether oxygens (including phenoxy) is 1. The molecule has 0 N–H and O–H groups in total. The normalized spacial score (nSPS) is 17.9. The molecule has 0 radical (unpaired) electrons. The summed E-state index contributed by atoms with van der Waals surface area (Å²) >= 11 is 0.888. The third-order valence-corrected chi connectivity index (χ3v) is 11.3. The number of benzene rings is 2. The average molecular weight is 707 g/mol. The number of hydrogen-bond donors (Lipinski definition) is 0. The van der Waals surface area contributed by atoms with E-state index < -0.39 is 27.5 Å². The van der Waals surface area contributed by atoms with E-state index in [2.05, 4.69) is 9.88 Å². The highest BCUT2D eigenvalue weighted by molar-refractivity contribution is 7.89. The Morgan fingerprint density at radius 1 is 0.875 bits per heavy atom. The lowest BCUT2D eigenvalue weighted by Gasteiger charge is -2.36. The van der Waals surface area contributed by atoms with Crippen LogP contribution in [-0.4, -0.2) is 99.1 Å². The van der Waals surface area contributed by atoms with Gasteiger partial charge in [-0.05, 0) is 69.2 Å². The van der Waals surface area contributed by atoms with Gasteiger partial charge in [0, 0.05) is 81.2 Å². The van der Waals surface area contributed by atoms with Crippen molar-refractivity contribution >= 4 is 49.9 Å². The SMILES string of the molecule is CC(C)(C)OC(=O)N1CCN(c2cccc(C(=O)N3CCc4cc(S(=O)(=O)N5CCN(c6nc(C(F)(F)F)cs6)CC5)ccc43)c2)CC1. The molecule has 2 amide bonds. The molecule has 3 aliphatic heterocycles. The lowest BCUT2D eigenvalue weighted by molar-refractivity contribution is -0.140.